The van der Waals surface area contributed by atoms with Crippen LogP contribution in [0, 0.1) is 13.8 Å². The molecule has 4 aromatic rings. The van der Waals surface area contributed by atoms with Crippen LogP contribution in [0.4, 0.5) is 0 Å². The summed E-state index contributed by atoms with van der Waals surface area (Å²) in [6, 6.07) is 27.4. The first-order chi connectivity index (χ1) is 12.3. The number of hydrogen-bond acceptors (Lipinski definition) is 1. The van der Waals surface area contributed by atoms with E-state index in [9.17, 15) is 0 Å². The summed E-state index contributed by atoms with van der Waals surface area (Å²) in [6.07, 6.45) is 1.86. The Hall–Kier alpha value is -3.13. The summed E-state index contributed by atoms with van der Waals surface area (Å²) in [6.45, 7) is 4.33. The van der Waals surface area contributed by atoms with Gasteiger partial charge in [0, 0.05) is 11.1 Å². The molecule has 2 nitrogen and oxygen atoms in total. The average molecular weight is 324 g/mol. The van der Waals surface area contributed by atoms with Gasteiger partial charge in [-0.05, 0) is 42.7 Å². The molecule has 3 aromatic carbocycles. The zero-order valence-corrected chi connectivity index (χ0v) is 14.5. The number of rotatable bonds is 3. The van der Waals surface area contributed by atoms with Crippen LogP contribution < -0.4 is 0 Å². The van der Waals surface area contributed by atoms with Gasteiger partial charge in [0.05, 0.1) is 17.6 Å². The number of para-hydroxylation sites is 1. The Bertz CT molecular complexity index is 993. The molecule has 0 fully saturated rings. The molecule has 2 heteroatoms. The topological polar surface area (TPSA) is 17.8 Å². The zero-order valence-electron chi connectivity index (χ0n) is 14.5. The smallest absolute Gasteiger partial charge is 0.0741 e. The summed E-state index contributed by atoms with van der Waals surface area (Å²) in [4.78, 5) is 0. The summed E-state index contributed by atoms with van der Waals surface area (Å²) in [5, 5.41) is 4.62. The van der Waals surface area contributed by atoms with E-state index in [1.54, 1.807) is 0 Å². The van der Waals surface area contributed by atoms with Crippen LogP contribution in [0.3, 0.4) is 0 Å². The van der Waals surface area contributed by atoms with Crippen LogP contribution in [0.5, 0.6) is 0 Å². The largest absolute Gasteiger partial charge is 0.232 e. The molecule has 0 aliphatic rings. The highest BCUT2D eigenvalue weighted by atomic mass is 15.3. The van der Waals surface area contributed by atoms with Crippen molar-refractivity contribution in [3.05, 3.63) is 96.2 Å². The van der Waals surface area contributed by atoms with Gasteiger partial charge >= 0.3 is 0 Å². The quantitative estimate of drug-likeness (QED) is 0.464. The van der Waals surface area contributed by atoms with Crippen LogP contribution in [-0.2, 0) is 0 Å². The van der Waals surface area contributed by atoms with Crippen LogP contribution in [0.1, 0.15) is 11.1 Å². The summed E-state index contributed by atoms with van der Waals surface area (Å²) >= 11 is 0. The van der Waals surface area contributed by atoms with Gasteiger partial charge in [0.1, 0.15) is 0 Å². The number of hydrogen-bond donors (Lipinski definition) is 0. The summed E-state index contributed by atoms with van der Waals surface area (Å²) in [5.74, 6) is 0. The molecule has 0 amide bonds. The van der Waals surface area contributed by atoms with Gasteiger partial charge in [0.2, 0.25) is 0 Å². The first-order valence-electron chi connectivity index (χ1n) is 8.51. The SMILES string of the molecule is Cc1cccc(C)c1-c1ccccc1-n1nccc1-c1ccccc1. The molecule has 0 spiro atoms. The van der Waals surface area contributed by atoms with E-state index in [0.717, 1.165) is 16.9 Å². The molecule has 0 bridgehead atoms. The van der Waals surface area contributed by atoms with Gasteiger partial charge in [-0.15, -0.1) is 0 Å². The molecular formula is C23H20N2. The highest BCUT2D eigenvalue weighted by molar-refractivity contribution is 5.79. The molecular weight excluding hydrogens is 304 g/mol. The van der Waals surface area contributed by atoms with Crippen molar-refractivity contribution in [1.82, 2.24) is 9.78 Å². The molecule has 0 saturated heterocycles. The fraction of sp³-hybridized carbons (Fsp3) is 0.0870. The van der Waals surface area contributed by atoms with Crippen molar-refractivity contribution in [2.24, 2.45) is 0 Å². The highest BCUT2D eigenvalue weighted by Gasteiger charge is 2.14. The van der Waals surface area contributed by atoms with E-state index in [0.29, 0.717) is 0 Å². The van der Waals surface area contributed by atoms with E-state index in [-0.39, 0.29) is 0 Å². The maximum atomic E-state index is 4.62. The lowest BCUT2D eigenvalue weighted by Gasteiger charge is -2.16. The van der Waals surface area contributed by atoms with E-state index >= 15 is 0 Å². The van der Waals surface area contributed by atoms with Crippen LogP contribution in [0.15, 0.2) is 85.1 Å². The monoisotopic (exact) mass is 324 g/mol. The molecule has 1 heterocycles. The average Bonchev–Trinajstić information content (AvgIpc) is 3.12. The molecule has 25 heavy (non-hydrogen) atoms. The lowest BCUT2D eigenvalue weighted by Crippen LogP contribution is -2.02. The van der Waals surface area contributed by atoms with Crippen molar-refractivity contribution >= 4 is 0 Å². The summed E-state index contributed by atoms with van der Waals surface area (Å²) in [5.41, 5.74) is 8.41. The minimum atomic E-state index is 1.10. The van der Waals surface area contributed by atoms with E-state index in [2.05, 4.69) is 91.7 Å². The third-order valence-corrected chi connectivity index (χ3v) is 4.59. The first kappa shape index (κ1) is 15.4. The number of aryl methyl sites for hydroxylation is 2. The van der Waals surface area contributed by atoms with Crippen LogP contribution in [-0.4, -0.2) is 9.78 Å². The lowest BCUT2D eigenvalue weighted by molar-refractivity contribution is 0.889. The van der Waals surface area contributed by atoms with Crippen LogP contribution in [0.25, 0.3) is 28.1 Å². The Morgan fingerprint density at radius 2 is 1.36 bits per heavy atom. The Balaban J connectivity index is 1.94. The van der Waals surface area contributed by atoms with Gasteiger partial charge in [-0.2, -0.15) is 5.10 Å². The predicted octanol–water partition coefficient (Wildman–Crippen LogP) is 5.82. The Morgan fingerprint density at radius 3 is 2.12 bits per heavy atom. The lowest BCUT2D eigenvalue weighted by atomic mass is 9.94. The Morgan fingerprint density at radius 1 is 0.680 bits per heavy atom. The number of aromatic nitrogens is 2. The van der Waals surface area contributed by atoms with Gasteiger partial charge in [0.25, 0.3) is 0 Å². The van der Waals surface area contributed by atoms with Crippen molar-refractivity contribution in [2.45, 2.75) is 13.8 Å². The van der Waals surface area contributed by atoms with E-state index < -0.39 is 0 Å². The molecule has 4 rings (SSSR count). The minimum Gasteiger partial charge on any atom is -0.232 e. The summed E-state index contributed by atoms with van der Waals surface area (Å²) in [7, 11) is 0. The predicted molar refractivity (Wildman–Crippen MR) is 104 cm³/mol. The second kappa shape index (κ2) is 6.40. The molecule has 122 valence electrons. The molecule has 0 N–H and O–H groups in total. The van der Waals surface area contributed by atoms with Crippen molar-refractivity contribution in [3.8, 4) is 28.1 Å². The van der Waals surface area contributed by atoms with Crippen LogP contribution >= 0.6 is 0 Å². The van der Waals surface area contributed by atoms with Crippen molar-refractivity contribution in [1.29, 1.82) is 0 Å². The fourth-order valence-corrected chi connectivity index (χ4v) is 3.43. The number of nitrogens with zero attached hydrogens (tertiary/aromatic N) is 2. The van der Waals surface area contributed by atoms with E-state index in [4.69, 9.17) is 0 Å². The maximum absolute atomic E-state index is 4.62. The summed E-state index contributed by atoms with van der Waals surface area (Å²) < 4.78 is 2.04. The van der Waals surface area contributed by atoms with E-state index in [1.807, 2.05) is 16.9 Å². The van der Waals surface area contributed by atoms with Crippen molar-refractivity contribution in [2.75, 3.05) is 0 Å². The normalized spacial score (nSPS) is 10.8. The molecule has 0 saturated carbocycles. The molecule has 0 aliphatic heterocycles. The van der Waals surface area contributed by atoms with E-state index in [1.165, 1.54) is 22.3 Å². The van der Waals surface area contributed by atoms with Gasteiger partial charge < -0.3 is 0 Å². The van der Waals surface area contributed by atoms with Crippen molar-refractivity contribution in [3.63, 3.8) is 0 Å². The fourth-order valence-electron chi connectivity index (χ4n) is 3.43. The molecule has 0 unspecified atom stereocenters. The first-order valence-corrected chi connectivity index (χ1v) is 8.51. The van der Waals surface area contributed by atoms with Crippen molar-refractivity contribution < 1.29 is 0 Å². The molecule has 0 radical (unpaired) electrons. The molecule has 0 atom stereocenters. The van der Waals surface area contributed by atoms with Gasteiger partial charge in [-0.25, -0.2) is 4.68 Å². The second-order valence-electron chi connectivity index (χ2n) is 6.28. The van der Waals surface area contributed by atoms with Gasteiger partial charge in [0.15, 0.2) is 0 Å². The molecule has 1 aromatic heterocycles. The highest BCUT2D eigenvalue weighted by Crippen LogP contribution is 2.33. The van der Waals surface area contributed by atoms with Crippen LogP contribution in [0.2, 0.25) is 0 Å². The third-order valence-electron chi connectivity index (χ3n) is 4.59. The number of benzene rings is 3. The molecule has 0 aliphatic carbocycles. The van der Waals surface area contributed by atoms with Gasteiger partial charge in [-0.1, -0.05) is 66.7 Å². The maximum Gasteiger partial charge on any atom is 0.0741 e. The standard InChI is InChI=1S/C23H20N2/c1-17-9-8-10-18(2)23(17)20-13-6-7-14-22(20)25-21(15-16-24-25)19-11-4-3-5-12-19/h3-16H,1-2H3. The Kier molecular flexibility index (Phi) is 3.95. The third kappa shape index (κ3) is 2.76. The van der Waals surface area contributed by atoms with Gasteiger partial charge in [-0.3, -0.25) is 0 Å². The zero-order chi connectivity index (χ0) is 17.2. The second-order valence-corrected chi connectivity index (χ2v) is 6.28. The Labute approximate surface area is 148 Å². The minimum absolute atomic E-state index is 1.10.